The number of piperidine rings is 1. The molecule has 20 heavy (non-hydrogen) atoms. The highest BCUT2D eigenvalue weighted by Crippen LogP contribution is 2.30. The third-order valence-electron chi connectivity index (χ3n) is 4.07. The molecule has 110 valence electrons. The first kappa shape index (κ1) is 15.0. The molecule has 1 saturated heterocycles. The quantitative estimate of drug-likeness (QED) is 0.858. The van der Waals surface area contributed by atoms with Gasteiger partial charge in [-0.2, -0.15) is 0 Å². The number of rotatable bonds is 5. The Morgan fingerprint density at radius 1 is 1.35 bits per heavy atom. The minimum absolute atomic E-state index is 0.215. The highest BCUT2D eigenvalue weighted by molar-refractivity contribution is 5.76. The fraction of sp³-hybridized carbons (Fsp3) is 0.562. The van der Waals surface area contributed by atoms with Gasteiger partial charge in [-0.05, 0) is 31.4 Å². The van der Waals surface area contributed by atoms with Gasteiger partial charge in [0.1, 0.15) is 0 Å². The predicted molar refractivity (Wildman–Crippen MR) is 79.2 cm³/mol. The molecule has 1 unspecified atom stereocenters. The third-order valence-corrected chi connectivity index (χ3v) is 4.07. The molecule has 1 heterocycles. The number of carbonyl (C=O) groups is 1. The normalized spacial score (nSPS) is 18.0. The van der Waals surface area contributed by atoms with E-state index in [1.54, 1.807) is 0 Å². The number of hydrogen-bond acceptors (Lipinski definition) is 3. The average molecular weight is 276 g/mol. The van der Waals surface area contributed by atoms with Crippen LogP contribution in [0.15, 0.2) is 30.3 Å². The van der Waals surface area contributed by atoms with Gasteiger partial charge in [-0.1, -0.05) is 30.3 Å². The molecule has 0 spiro atoms. The minimum Gasteiger partial charge on any atom is -0.388 e. The van der Waals surface area contributed by atoms with Crippen molar-refractivity contribution in [2.75, 3.05) is 26.7 Å². The summed E-state index contributed by atoms with van der Waals surface area (Å²) >= 11 is 0. The second kappa shape index (κ2) is 7.41. The molecule has 0 radical (unpaired) electrons. The monoisotopic (exact) mass is 276 g/mol. The highest BCUT2D eigenvalue weighted by Gasteiger charge is 2.27. The second-order valence-electron chi connectivity index (χ2n) is 5.43. The van der Waals surface area contributed by atoms with Crippen molar-refractivity contribution in [1.82, 2.24) is 10.2 Å². The number of benzene rings is 1. The Balaban J connectivity index is 1.83. The molecule has 1 atom stereocenters. The van der Waals surface area contributed by atoms with Crippen molar-refractivity contribution in [3.63, 3.8) is 0 Å². The van der Waals surface area contributed by atoms with E-state index in [9.17, 15) is 9.90 Å². The van der Waals surface area contributed by atoms with Crippen LogP contribution in [0, 0.1) is 5.92 Å². The van der Waals surface area contributed by atoms with Crippen LogP contribution in [0.4, 0.5) is 0 Å². The molecule has 0 aliphatic carbocycles. The summed E-state index contributed by atoms with van der Waals surface area (Å²) in [6.45, 7) is 2.25. The van der Waals surface area contributed by atoms with E-state index in [4.69, 9.17) is 0 Å². The summed E-state index contributed by atoms with van der Waals surface area (Å²) in [5.41, 5.74) is 0.979. The summed E-state index contributed by atoms with van der Waals surface area (Å²) < 4.78 is 0. The van der Waals surface area contributed by atoms with Crippen molar-refractivity contribution in [2.45, 2.75) is 25.4 Å². The molecule has 2 N–H and O–H groups in total. The van der Waals surface area contributed by atoms with E-state index in [2.05, 4.69) is 5.32 Å². The Bertz CT molecular complexity index is 414. The zero-order chi connectivity index (χ0) is 14.4. The maximum absolute atomic E-state index is 11.9. The van der Waals surface area contributed by atoms with E-state index in [0.717, 1.165) is 38.0 Å². The lowest BCUT2D eigenvalue weighted by atomic mass is 9.87. The molecule has 1 aliphatic rings. The van der Waals surface area contributed by atoms with Crippen molar-refractivity contribution < 1.29 is 9.90 Å². The number of nitrogens with zero attached hydrogens (tertiary/aromatic N) is 1. The molecule has 1 fully saturated rings. The number of aliphatic hydroxyl groups is 1. The number of nitrogens with one attached hydrogen (secondary N) is 1. The zero-order valence-electron chi connectivity index (χ0n) is 12.1. The van der Waals surface area contributed by atoms with E-state index in [0.29, 0.717) is 6.42 Å². The predicted octanol–water partition coefficient (Wildman–Crippen LogP) is 1.57. The standard InChI is InChI=1S/C16H24N2O2/c1-17-10-7-15(19)18-11-8-14(9-12-18)16(20)13-5-3-2-4-6-13/h2-6,14,16-17,20H,7-12H2,1H3. The van der Waals surface area contributed by atoms with Crippen LogP contribution in [-0.2, 0) is 4.79 Å². The molecule has 1 amide bonds. The summed E-state index contributed by atoms with van der Waals surface area (Å²) in [4.78, 5) is 13.8. The molecular formula is C16H24N2O2. The first-order chi connectivity index (χ1) is 9.72. The molecule has 0 saturated carbocycles. The zero-order valence-corrected chi connectivity index (χ0v) is 12.1. The van der Waals surface area contributed by atoms with Crippen LogP contribution in [0.3, 0.4) is 0 Å². The van der Waals surface area contributed by atoms with Crippen LogP contribution in [-0.4, -0.2) is 42.6 Å². The van der Waals surface area contributed by atoms with Gasteiger partial charge >= 0.3 is 0 Å². The Morgan fingerprint density at radius 2 is 2.00 bits per heavy atom. The SMILES string of the molecule is CNCCC(=O)N1CCC(C(O)c2ccccc2)CC1. The van der Waals surface area contributed by atoms with Crippen LogP contribution in [0.2, 0.25) is 0 Å². The maximum atomic E-state index is 11.9. The fourth-order valence-corrected chi connectivity index (χ4v) is 2.78. The molecule has 1 aromatic rings. The van der Waals surface area contributed by atoms with Crippen LogP contribution in [0.25, 0.3) is 0 Å². The van der Waals surface area contributed by atoms with Crippen molar-refractivity contribution in [3.8, 4) is 0 Å². The van der Waals surface area contributed by atoms with E-state index < -0.39 is 6.10 Å². The highest BCUT2D eigenvalue weighted by atomic mass is 16.3. The number of aliphatic hydroxyl groups excluding tert-OH is 1. The molecule has 1 aromatic carbocycles. The van der Waals surface area contributed by atoms with Gasteiger partial charge in [0.05, 0.1) is 6.10 Å². The lowest BCUT2D eigenvalue weighted by Crippen LogP contribution is -2.40. The third kappa shape index (κ3) is 3.81. The first-order valence-corrected chi connectivity index (χ1v) is 7.37. The van der Waals surface area contributed by atoms with E-state index >= 15 is 0 Å². The van der Waals surface area contributed by atoms with Crippen molar-refractivity contribution >= 4 is 5.91 Å². The van der Waals surface area contributed by atoms with E-state index in [1.165, 1.54) is 0 Å². The number of carbonyl (C=O) groups excluding carboxylic acids is 1. The van der Waals surface area contributed by atoms with Crippen LogP contribution >= 0.6 is 0 Å². The van der Waals surface area contributed by atoms with Crippen molar-refractivity contribution in [1.29, 1.82) is 0 Å². The Labute approximate surface area is 120 Å². The van der Waals surface area contributed by atoms with Gasteiger partial charge in [0, 0.05) is 26.1 Å². The molecule has 1 aliphatic heterocycles. The summed E-state index contributed by atoms with van der Waals surface area (Å²) in [6.07, 6.45) is 1.90. The van der Waals surface area contributed by atoms with Crippen LogP contribution in [0.1, 0.15) is 30.9 Å². The molecular weight excluding hydrogens is 252 g/mol. The average Bonchev–Trinajstić information content (AvgIpc) is 2.53. The second-order valence-corrected chi connectivity index (χ2v) is 5.43. The first-order valence-electron chi connectivity index (χ1n) is 7.37. The lowest BCUT2D eigenvalue weighted by Gasteiger charge is -2.34. The van der Waals surface area contributed by atoms with E-state index in [-0.39, 0.29) is 11.8 Å². The van der Waals surface area contributed by atoms with Gasteiger partial charge in [-0.3, -0.25) is 4.79 Å². The molecule has 4 nitrogen and oxygen atoms in total. The molecule has 0 bridgehead atoms. The van der Waals surface area contributed by atoms with Gasteiger partial charge in [-0.15, -0.1) is 0 Å². The number of hydrogen-bond donors (Lipinski definition) is 2. The van der Waals surface area contributed by atoms with Crippen LogP contribution < -0.4 is 5.32 Å². The van der Waals surface area contributed by atoms with Crippen LogP contribution in [0.5, 0.6) is 0 Å². The Hall–Kier alpha value is -1.39. The molecule has 0 aromatic heterocycles. The Morgan fingerprint density at radius 3 is 2.60 bits per heavy atom. The maximum Gasteiger partial charge on any atom is 0.223 e. The summed E-state index contributed by atoms with van der Waals surface area (Å²) in [5, 5.41) is 13.4. The summed E-state index contributed by atoms with van der Waals surface area (Å²) in [6, 6.07) is 9.80. The fourth-order valence-electron chi connectivity index (χ4n) is 2.78. The molecule has 4 heteroatoms. The van der Waals surface area contributed by atoms with Crippen molar-refractivity contribution in [2.24, 2.45) is 5.92 Å². The summed E-state index contributed by atoms with van der Waals surface area (Å²) in [7, 11) is 1.86. The topological polar surface area (TPSA) is 52.6 Å². The van der Waals surface area contributed by atoms with Gasteiger partial charge in [0.25, 0.3) is 0 Å². The smallest absolute Gasteiger partial charge is 0.223 e. The van der Waals surface area contributed by atoms with E-state index in [1.807, 2.05) is 42.3 Å². The number of amides is 1. The van der Waals surface area contributed by atoms with Gasteiger partial charge in [0.15, 0.2) is 0 Å². The van der Waals surface area contributed by atoms with Crippen molar-refractivity contribution in [3.05, 3.63) is 35.9 Å². The van der Waals surface area contributed by atoms with Gasteiger partial charge in [-0.25, -0.2) is 0 Å². The summed E-state index contributed by atoms with van der Waals surface area (Å²) in [5.74, 6) is 0.470. The number of likely N-dealkylation sites (tertiary alicyclic amines) is 1. The Kier molecular flexibility index (Phi) is 5.56. The lowest BCUT2D eigenvalue weighted by molar-refractivity contribution is -0.133. The van der Waals surface area contributed by atoms with Gasteiger partial charge in [0.2, 0.25) is 5.91 Å². The van der Waals surface area contributed by atoms with Gasteiger partial charge < -0.3 is 15.3 Å². The molecule has 2 rings (SSSR count). The minimum atomic E-state index is -0.411. The largest absolute Gasteiger partial charge is 0.388 e.